The van der Waals surface area contributed by atoms with E-state index in [1.165, 1.54) is 13.2 Å². The molecule has 4 amide bonds. The van der Waals surface area contributed by atoms with Crippen molar-refractivity contribution in [2.24, 2.45) is 0 Å². The number of rotatable bonds is 7. The van der Waals surface area contributed by atoms with Crippen LogP contribution in [0.15, 0.2) is 64.6 Å². The summed E-state index contributed by atoms with van der Waals surface area (Å²) in [6, 6.07) is 15.1. The van der Waals surface area contributed by atoms with Crippen LogP contribution in [0.1, 0.15) is 23.6 Å². The summed E-state index contributed by atoms with van der Waals surface area (Å²) in [5.41, 5.74) is 2.61. The highest BCUT2D eigenvalue weighted by molar-refractivity contribution is 9.10. The molecule has 0 spiro atoms. The van der Waals surface area contributed by atoms with E-state index in [-0.39, 0.29) is 19.0 Å². The minimum absolute atomic E-state index is 0.188. The molecule has 0 atom stereocenters. The van der Waals surface area contributed by atoms with Gasteiger partial charge in [-0.3, -0.25) is 14.9 Å². The summed E-state index contributed by atoms with van der Waals surface area (Å²) in [5, 5.41) is 2.24. The van der Waals surface area contributed by atoms with Gasteiger partial charge in [0, 0.05) is 0 Å². The number of carbonyl (C=O) groups excluding carboxylic acids is 3. The van der Waals surface area contributed by atoms with Gasteiger partial charge in [0.05, 0.1) is 17.3 Å². The third kappa shape index (κ3) is 4.95. The van der Waals surface area contributed by atoms with E-state index in [4.69, 9.17) is 18.9 Å². The van der Waals surface area contributed by atoms with E-state index in [1.807, 2.05) is 37.3 Å². The van der Waals surface area contributed by atoms with E-state index in [0.717, 1.165) is 22.4 Å². The number of imide groups is 2. The maximum absolute atomic E-state index is 13.2. The molecule has 194 valence electrons. The molecule has 0 bridgehead atoms. The second kappa shape index (κ2) is 10.6. The predicted molar refractivity (Wildman–Crippen MR) is 142 cm³/mol. The summed E-state index contributed by atoms with van der Waals surface area (Å²) < 4.78 is 22.8. The van der Waals surface area contributed by atoms with E-state index in [1.54, 1.807) is 24.3 Å². The fourth-order valence-corrected chi connectivity index (χ4v) is 4.66. The number of anilines is 1. The average Bonchev–Trinajstić information content (AvgIpc) is 3.38. The standard InChI is InChI=1S/C28H23BrN2O7/c1-3-16-4-7-19(8-5-16)31-27(33)20(26(32)30-28(31)34)10-18-11-21(29)25(24(13-18)35-2)36-14-17-6-9-22-23(12-17)38-15-37-22/h4-13H,3,14-15H2,1-2H3,(H,30,32,34)/b20-10-. The smallest absolute Gasteiger partial charge is 0.335 e. The number of nitrogens with one attached hydrogen (secondary N) is 1. The van der Waals surface area contributed by atoms with Crippen LogP contribution in [-0.2, 0) is 22.6 Å². The van der Waals surface area contributed by atoms with E-state index in [0.29, 0.717) is 38.7 Å². The van der Waals surface area contributed by atoms with Crippen molar-refractivity contribution < 1.29 is 33.3 Å². The van der Waals surface area contributed by atoms with Crippen molar-refractivity contribution in [2.45, 2.75) is 20.0 Å². The molecular weight excluding hydrogens is 556 g/mol. The molecule has 1 saturated heterocycles. The molecule has 2 aliphatic heterocycles. The van der Waals surface area contributed by atoms with Crippen LogP contribution in [0.4, 0.5) is 10.5 Å². The van der Waals surface area contributed by atoms with E-state index in [2.05, 4.69) is 21.2 Å². The molecule has 0 radical (unpaired) electrons. The van der Waals surface area contributed by atoms with Crippen molar-refractivity contribution in [3.8, 4) is 23.0 Å². The number of barbiturate groups is 1. The van der Waals surface area contributed by atoms with Gasteiger partial charge in [0.25, 0.3) is 11.8 Å². The highest BCUT2D eigenvalue weighted by Gasteiger charge is 2.36. The summed E-state index contributed by atoms with van der Waals surface area (Å²) in [5.74, 6) is 0.673. The third-order valence-corrected chi connectivity index (χ3v) is 6.68. The Bertz CT molecular complexity index is 1470. The molecule has 2 heterocycles. The number of aryl methyl sites for hydroxylation is 1. The monoisotopic (exact) mass is 578 g/mol. The van der Waals surface area contributed by atoms with Crippen LogP contribution in [-0.4, -0.2) is 31.7 Å². The van der Waals surface area contributed by atoms with Gasteiger partial charge < -0.3 is 18.9 Å². The Balaban J connectivity index is 1.40. The number of methoxy groups -OCH3 is 1. The van der Waals surface area contributed by atoms with Gasteiger partial charge in [-0.2, -0.15) is 0 Å². The summed E-state index contributed by atoms with van der Waals surface area (Å²) >= 11 is 3.50. The number of amides is 4. The molecule has 2 aliphatic rings. The molecule has 3 aromatic carbocycles. The number of hydrogen-bond donors (Lipinski definition) is 1. The van der Waals surface area contributed by atoms with Crippen molar-refractivity contribution in [3.05, 3.63) is 81.3 Å². The van der Waals surface area contributed by atoms with Crippen LogP contribution in [0.3, 0.4) is 0 Å². The Morgan fingerprint density at radius 2 is 1.74 bits per heavy atom. The number of nitrogens with zero attached hydrogens (tertiary/aromatic N) is 1. The molecule has 9 nitrogen and oxygen atoms in total. The number of benzene rings is 3. The maximum Gasteiger partial charge on any atom is 0.335 e. The molecule has 5 rings (SSSR count). The second-order valence-corrected chi connectivity index (χ2v) is 9.34. The van der Waals surface area contributed by atoms with Gasteiger partial charge in [0.15, 0.2) is 23.0 Å². The first kappa shape index (κ1) is 25.3. The number of fused-ring (bicyclic) bond motifs is 1. The summed E-state index contributed by atoms with van der Waals surface area (Å²) in [6.07, 6.45) is 2.23. The minimum Gasteiger partial charge on any atom is -0.493 e. The molecule has 1 N–H and O–H groups in total. The molecule has 0 aromatic heterocycles. The van der Waals surface area contributed by atoms with Gasteiger partial charge in [0.2, 0.25) is 6.79 Å². The van der Waals surface area contributed by atoms with Gasteiger partial charge in [-0.1, -0.05) is 25.1 Å². The van der Waals surface area contributed by atoms with Crippen molar-refractivity contribution in [1.82, 2.24) is 5.32 Å². The molecule has 0 aliphatic carbocycles. The number of urea groups is 1. The second-order valence-electron chi connectivity index (χ2n) is 8.49. The van der Waals surface area contributed by atoms with Crippen LogP contribution in [0.25, 0.3) is 6.08 Å². The summed E-state index contributed by atoms with van der Waals surface area (Å²) in [7, 11) is 1.49. The lowest BCUT2D eigenvalue weighted by molar-refractivity contribution is -0.122. The zero-order chi connectivity index (χ0) is 26.8. The van der Waals surface area contributed by atoms with Crippen molar-refractivity contribution in [1.29, 1.82) is 0 Å². The number of hydrogen-bond acceptors (Lipinski definition) is 7. The molecule has 3 aromatic rings. The lowest BCUT2D eigenvalue weighted by Gasteiger charge is -2.26. The first-order chi connectivity index (χ1) is 18.4. The van der Waals surface area contributed by atoms with Crippen LogP contribution in [0.2, 0.25) is 0 Å². The van der Waals surface area contributed by atoms with Crippen molar-refractivity contribution >= 4 is 45.5 Å². The molecule has 10 heteroatoms. The normalized spacial score (nSPS) is 15.6. The Morgan fingerprint density at radius 3 is 2.47 bits per heavy atom. The summed E-state index contributed by atoms with van der Waals surface area (Å²) in [4.78, 5) is 39.3. The van der Waals surface area contributed by atoms with Gasteiger partial charge >= 0.3 is 6.03 Å². The van der Waals surface area contributed by atoms with Gasteiger partial charge in [0.1, 0.15) is 12.2 Å². The zero-order valence-electron chi connectivity index (χ0n) is 20.6. The highest BCUT2D eigenvalue weighted by Crippen LogP contribution is 2.39. The lowest BCUT2D eigenvalue weighted by Crippen LogP contribution is -2.54. The molecule has 38 heavy (non-hydrogen) atoms. The van der Waals surface area contributed by atoms with Crippen LogP contribution < -0.4 is 29.2 Å². The number of halogens is 1. The number of ether oxygens (including phenoxy) is 4. The predicted octanol–water partition coefficient (Wildman–Crippen LogP) is 4.99. The van der Waals surface area contributed by atoms with Gasteiger partial charge in [-0.15, -0.1) is 0 Å². The van der Waals surface area contributed by atoms with E-state index < -0.39 is 17.8 Å². The lowest BCUT2D eigenvalue weighted by atomic mass is 10.1. The Hall–Kier alpha value is -4.31. The number of carbonyl (C=O) groups is 3. The Morgan fingerprint density at radius 1 is 1.00 bits per heavy atom. The van der Waals surface area contributed by atoms with E-state index >= 15 is 0 Å². The molecule has 0 saturated carbocycles. The maximum atomic E-state index is 13.2. The van der Waals surface area contributed by atoms with Crippen LogP contribution >= 0.6 is 15.9 Å². The topological polar surface area (TPSA) is 103 Å². The largest absolute Gasteiger partial charge is 0.493 e. The molecular formula is C28H23BrN2O7. The molecule has 1 fully saturated rings. The van der Waals surface area contributed by atoms with Crippen LogP contribution in [0.5, 0.6) is 23.0 Å². The SMILES string of the molecule is CCc1ccc(N2C(=O)NC(=O)/C(=C/c3cc(Br)c(OCc4ccc5c(c4)OCO5)c(OC)c3)C2=O)cc1. The average molecular weight is 579 g/mol. The summed E-state index contributed by atoms with van der Waals surface area (Å²) in [6.45, 7) is 2.43. The first-order valence-electron chi connectivity index (χ1n) is 11.8. The van der Waals surface area contributed by atoms with Gasteiger partial charge in [-0.25, -0.2) is 9.69 Å². The minimum atomic E-state index is -0.799. The third-order valence-electron chi connectivity index (χ3n) is 6.09. The quantitative estimate of drug-likeness (QED) is 0.311. The Kier molecular flexibility index (Phi) is 7.06. The van der Waals surface area contributed by atoms with E-state index in [9.17, 15) is 14.4 Å². The van der Waals surface area contributed by atoms with Crippen molar-refractivity contribution in [2.75, 3.05) is 18.8 Å². The fourth-order valence-electron chi connectivity index (χ4n) is 4.09. The zero-order valence-corrected chi connectivity index (χ0v) is 22.2. The Labute approximate surface area is 227 Å². The fraction of sp³-hybridized carbons (Fsp3) is 0.179. The highest BCUT2D eigenvalue weighted by atomic mass is 79.9. The first-order valence-corrected chi connectivity index (χ1v) is 12.6. The van der Waals surface area contributed by atoms with Gasteiger partial charge in [-0.05, 0) is 81.5 Å². The van der Waals surface area contributed by atoms with Crippen LogP contribution in [0, 0.1) is 0 Å². The molecule has 0 unspecified atom stereocenters. The van der Waals surface area contributed by atoms with Crippen molar-refractivity contribution in [3.63, 3.8) is 0 Å².